The number of aromatic nitrogens is 1. The maximum Gasteiger partial charge on any atom is 0.242 e. The molecule has 0 spiro atoms. The van der Waals surface area contributed by atoms with Gasteiger partial charge in [0.2, 0.25) is 10.0 Å². The second kappa shape index (κ2) is 6.13. The third kappa shape index (κ3) is 3.61. The molecule has 3 N–H and O–H groups in total. The van der Waals surface area contributed by atoms with Gasteiger partial charge in [0, 0.05) is 18.3 Å². The molecule has 0 fully saturated rings. The van der Waals surface area contributed by atoms with Gasteiger partial charge in [0.1, 0.15) is 4.90 Å². The van der Waals surface area contributed by atoms with Gasteiger partial charge in [-0.15, -0.1) is 11.3 Å². The van der Waals surface area contributed by atoms with Gasteiger partial charge in [-0.3, -0.25) is 0 Å². The number of rotatable bonds is 5. The van der Waals surface area contributed by atoms with Crippen LogP contribution in [-0.4, -0.2) is 19.9 Å². The van der Waals surface area contributed by atoms with Crippen LogP contribution < -0.4 is 10.5 Å². The van der Waals surface area contributed by atoms with E-state index in [4.69, 9.17) is 5.73 Å². The van der Waals surface area contributed by atoms with Crippen molar-refractivity contribution in [3.05, 3.63) is 39.3 Å². The zero-order valence-electron chi connectivity index (χ0n) is 12.3. The van der Waals surface area contributed by atoms with Gasteiger partial charge in [0.25, 0.3) is 0 Å². The summed E-state index contributed by atoms with van der Waals surface area (Å²) in [6.07, 6.45) is 0.564. The molecule has 2 rings (SSSR count). The summed E-state index contributed by atoms with van der Waals surface area (Å²) in [4.78, 5) is 4.49. The van der Waals surface area contributed by atoms with Crippen molar-refractivity contribution in [1.82, 2.24) is 9.71 Å². The van der Waals surface area contributed by atoms with Crippen LogP contribution in [0.4, 0.5) is 5.69 Å². The summed E-state index contributed by atoms with van der Waals surface area (Å²) >= 11 is 1.56. The molecule has 5 nitrogen and oxygen atoms in total. The molecule has 7 heteroatoms. The number of hydrogen-bond acceptors (Lipinski definition) is 5. The molecular weight excluding hydrogens is 306 g/mol. The lowest BCUT2D eigenvalue weighted by Gasteiger charge is -2.13. The molecule has 0 atom stereocenters. The van der Waals surface area contributed by atoms with Crippen molar-refractivity contribution in [1.29, 1.82) is 0 Å². The number of anilines is 1. The van der Waals surface area contributed by atoms with Crippen molar-refractivity contribution < 1.29 is 8.42 Å². The van der Waals surface area contributed by atoms with Gasteiger partial charge < -0.3 is 5.73 Å². The second-order valence-corrected chi connectivity index (χ2v) is 7.71. The Morgan fingerprint density at radius 1 is 1.24 bits per heavy atom. The van der Waals surface area contributed by atoms with Crippen molar-refractivity contribution in [2.45, 2.75) is 32.1 Å². The molecule has 114 valence electrons. The predicted molar refractivity (Wildman–Crippen MR) is 86.1 cm³/mol. The highest BCUT2D eigenvalue weighted by molar-refractivity contribution is 7.89. The Hall–Kier alpha value is -1.44. The molecule has 0 bridgehead atoms. The van der Waals surface area contributed by atoms with E-state index in [0.29, 0.717) is 24.2 Å². The number of benzene rings is 1. The first-order valence-electron chi connectivity index (χ1n) is 6.57. The summed E-state index contributed by atoms with van der Waals surface area (Å²) in [6, 6.07) is 3.59. The first-order valence-corrected chi connectivity index (χ1v) is 8.94. The van der Waals surface area contributed by atoms with Crippen LogP contribution in [0.2, 0.25) is 0 Å². The van der Waals surface area contributed by atoms with E-state index in [1.807, 2.05) is 18.4 Å². The summed E-state index contributed by atoms with van der Waals surface area (Å²) in [5, 5.41) is 2.92. The second-order valence-electron chi connectivity index (χ2n) is 4.95. The number of nitrogens with two attached hydrogens (primary N) is 1. The summed E-state index contributed by atoms with van der Waals surface area (Å²) in [6.45, 7) is 5.77. The van der Waals surface area contributed by atoms with Crippen molar-refractivity contribution in [2.75, 3.05) is 12.3 Å². The van der Waals surface area contributed by atoms with Crippen molar-refractivity contribution >= 4 is 27.0 Å². The molecule has 0 unspecified atom stereocenters. The lowest BCUT2D eigenvalue weighted by atomic mass is 10.1. The quantitative estimate of drug-likeness (QED) is 0.825. The lowest BCUT2D eigenvalue weighted by molar-refractivity contribution is 0.581. The lowest BCUT2D eigenvalue weighted by Crippen LogP contribution is -2.27. The van der Waals surface area contributed by atoms with Crippen LogP contribution in [0.25, 0.3) is 0 Å². The topological polar surface area (TPSA) is 85.1 Å². The Morgan fingerprint density at radius 2 is 1.90 bits per heavy atom. The predicted octanol–water partition coefficient (Wildman–Crippen LogP) is 2.17. The van der Waals surface area contributed by atoms with E-state index < -0.39 is 10.0 Å². The zero-order valence-corrected chi connectivity index (χ0v) is 13.9. The number of thiazole rings is 1. The van der Waals surface area contributed by atoms with E-state index in [0.717, 1.165) is 16.3 Å². The van der Waals surface area contributed by atoms with Crippen molar-refractivity contribution in [2.24, 2.45) is 0 Å². The normalized spacial score (nSPS) is 11.8. The number of nitrogens with one attached hydrogen (secondary N) is 1. The third-order valence-corrected chi connectivity index (χ3v) is 5.71. The molecule has 0 saturated heterocycles. The Labute approximate surface area is 129 Å². The van der Waals surface area contributed by atoms with Crippen molar-refractivity contribution in [3.63, 3.8) is 0 Å². The fourth-order valence-corrected chi connectivity index (χ4v) is 4.18. The Bertz CT molecular complexity index is 752. The Kier molecular flexibility index (Phi) is 4.65. The molecule has 0 radical (unpaired) electrons. The highest BCUT2D eigenvalue weighted by atomic mass is 32.2. The van der Waals surface area contributed by atoms with E-state index in [1.54, 1.807) is 31.3 Å². The minimum absolute atomic E-state index is 0.178. The van der Waals surface area contributed by atoms with E-state index in [9.17, 15) is 8.42 Å². The molecule has 1 aromatic heterocycles. The fourth-order valence-electron chi connectivity index (χ4n) is 2.07. The molecular formula is C14H19N3O2S2. The first-order chi connectivity index (χ1) is 9.81. The smallest absolute Gasteiger partial charge is 0.242 e. The SMILES string of the molecule is Cc1nc(CCNS(=O)(=O)c2c(C)ccc(C)c2N)cs1. The number of nitrogens with zero attached hydrogens (tertiary/aromatic N) is 1. The molecule has 1 heterocycles. The minimum Gasteiger partial charge on any atom is -0.397 e. The molecule has 21 heavy (non-hydrogen) atoms. The molecule has 0 aliphatic carbocycles. The number of aryl methyl sites for hydroxylation is 3. The standard InChI is InChI=1S/C14H19N3O2S2/c1-9-4-5-10(2)14(13(9)15)21(18,19)16-7-6-12-8-20-11(3)17-12/h4-5,8,16H,6-7,15H2,1-3H3. The third-order valence-electron chi connectivity index (χ3n) is 3.22. The van der Waals surface area contributed by atoms with Crippen LogP contribution >= 0.6 is 11.3 Å². The van der Waals surface area contributed by atoms with E-state index in [2.05, 4.69) is 9.71 Å². The van der Waals surface area contributed by atoms with E-state index >= 15 is 0 Å². The van der Waals surface area contributed by atoms with Crippen LogP contribution in [0, 0.1) is 20.8 Å². The van der Waals surface area contributed by atoms with Gasteiger partial charge in [-0.2, -0.15) is 0 Å². The molecule has 2 aromatic rings. The Morgan fingerprint density at radius 3 is 2.52 bits per heavy atom. The highest BCUT2D eigenvalue weighted by Gasteiger charge is 2.20. The van der Waals surface area contributed by atoms with Crippen LogP contribution in [0.15, 0.2) is 22.4 Å². The molecule has 0 aliphatic heterocycles. The van der Waals surface area contributed by atoms with Gasteiger partial charge in [-0.25, -0.2) is 18.1 Å². The summed E-state index contributed by atoms with van der Waals surface area (Å²) in [7, 11) is -3.61. The molecule has 0 aliphatic rings. The molecule has 0 saturated carbocycles. The first kappa shape index (κ1) is 15.9. The average molecular weight is 325 g/mol. The van der Waals surface area contributed by atoms with Crippen LogP contribution in [-0.2, 0) is 16.4 Å². The van der Waals surface area contributed by atoms with Gasteiger partial charge in [-0.05, 0) is 31.9 Å². The maximum absolute atomic E-state index is 12.4. The summed E-state index contributed by atoms with van der Waals surface area (Å²) < 4.78 is 27.4. The van der Waals surface area contributed by atoms with Gasteiger partial charge in [-0.1, -0.05) is 12.1 Å². The zero-order chi connectivity index (χ0) is 15.6. The average Bonchev–Trinajstić information content (AvgIpc) is 2.80. The minimum atomic E-state index is -3.61. The largest absolute Gasteiger partial charge is 0.397 e. The molecule has 0 amide bonds. The van der Waals surface area contributed by atoms with E-state index in [-0.39, 0.29) is 4.90 Å². The van der Waals surface area contributed by atoms with Gasteiger partial charge in [0.05, 0.1) is 16.4 Å². The van der Waals surface area contributed by atoms with Gasteiger partial charge in [0.15, 0.2) is 0 Å². The maximum atomic E-state index is 12.4. The highest BCUT2D eigenvalue weighted by Crippen LogP contribution is 2.25. The molecule has 1 aromatic carbocycles. The Balaban J connectivity index is 2.14. The summed E-state index contributed by atoms with van der Waals surface area (Å²) in [5.74, 6) is 0. The van der Waals surface area contributed by atoms with Crippen LogP contribution in [0.3, 0.4) is 0 Å². The van der Waals surface area contributed by atoms with Crippen LogP contribution in [0.5, 0.6) is 0 Å². The fraction of sp³-hybridized carbons (Fsp3) is 0.357. The van der Waals surface area contributed by atoms with E-state index in [1.165, 1.54) is 0 Å². The number of nitrogen functional groups attached to an aromatic ring is 1. The van der Waals surface area contributed by atoms with Crippen LogP contribution in [0.1, 0.15) is 21.8 Å². The summed E-state index contributed by atoms with van der Waals surface area (Å²) in [5.41, 5.74) is 8.54. The van der Waals surface area contributed by atoms with Gasteiger partial charge >= 0.3 is 0 Å². The monoisotopic (exact) mass is 325 g/mol. The van der Waals surface area contributed by atoms with Crippen molar-refractivity contribution in [3.8, 4) is 0 Å². The number of hydrogen-bond donors (Lipinski definition) is 2. The number of sulfonamides is 1.